The average molecular weight is 352 g/mol. The standard InChI is InChI=1S/C19H14ClN3O2/c20-14-8-6-13(7-9-14)17-10-16(19(24)25)21-18-11-15(22-23(17)18)12-4-2-1-3-5-12/h1-11,17,21H,(H,24,25). The number of hydrogen-bond acceptors (Lipinski definition) is 3. The van der Waals surface area contributed by atoms with E-state index in [0.717, 1.165) is 16.8 Å². The van der Waals surface area contributed by atoms with Crippen molar-refractivity contribution in [1.82, 2.24) is 9.78 Å². The van der Waals surface area contributed by atoms with Crippen LogP contribution in [0.4, 0.5) is 5.82 Å². The fourth-order valence-corrected chi connectivity index (χ4v) is 3.01. The third kappa shape index (κ3) is 2.90. The van der Waals surface area contributed by atoms with E-state index in [4.69, 9.17) is 11.6 Å². The summed E-state index contributed by atoms with van der Waals surface area (Å²) in [7, 11) is 0. The molecule has 2 N–H and O–H groups in total. The van der Waals surface area contributed by atoms with E-state index in [2.05, 4.69) is 10.4 Å². The zero-order valence-electron chi connectivity index (χ0n) is 13.1. The summed E-state index contributed by atoms with van der Waals surface area (Å²) in [5.41, 5.74) is 2.79. The highest BCUT2D eigenvalue weighted by Crippen LogP contribution is 2.33. The zero-order valence-corrected chi connectivity index (χ0v) is 13.8. The van der Waals surface area contributed by atoms with Crippen molar-refractivity contribution >= 4 is 23.4 Å². The maximum Gasteiger partial charge on any atom is 0.352 e. The monoisotopic (exact) mass is 351 g/mol. The van der Waals surface area contributed by atoms with Crippen molar-refractivity contribution in [3.63, 3.8) is 0 Å². The van der Waals surface area contributed by atoms with Crippen LogP contribution in [0, 0.1) is 0 Å². The van der Waals surface area contributed by atoms with Crippen LogP contribution in [0.1, 0.15) is 11.6 Å². The Morgan fingerprint density at radius 2 is 1.84 bits per heavy atom. The second kappa shape index (κ2) is 6.11. The second-order valence-electron chi connectivity index (χ2n) is 5.73. The molecule has 0 spiro atoms. The minimum atomic E-state index is -1.01. The molecule has 1 unspecified atom stereocenters. The lowest BCUT2D eigenvalue weighted by Gasteiger charge is -2.23. The molecule has 0 saturated carbocycles. The van der Waals surface area contributed by atoms with Gasteiger partial charge in [-0.3, -0.25) is 0 Å². The van der Waals surface area contributed by atoms with Gasteiger partial charge in [-0.1, -0.05) is 54.1 Å². The van der Waals surface area contributed by atoms with Gasteiger partial charge in [0.25, 0.3) is 0 Å². The number of carboxylic acids is 1. The van der Waals surface area contributed by atoms with Crippen LogP contribution in [0.25, 0.3) is 11.3 Å². The average Bonchev–Trinajstić information content (AvgIpc) is 3.06. The third-order valence-electron chi connectivity index (χ3n) is 4.10. The molecule has 124 valence electrons. The van der Waals surface area contributed by atoms with E-state index >= 15 is 0 Å². The van der Waals surface area contributed by atoms with Crippen LogP contribution in [-0.2, 0) is 4.79 Å². The molecule has 0 amide bonds. The maximum atomic E-state index is 11.5. The lowest BCUT2D eigenvalue weighted by atomic mass is 10.0. The largest absolute Gasteiger partial charge is 0.477 e. The van der Waals surface area contributed by atoms with Gasteiger partial charge in [-0.2, -0.15) is 5.10 Å². The number of aromatic nitrogens is 2. The Balaban J connectivity index is 1.82. The molecule has 1 aliphatic rings. The summed E-state index contributed by atoms with van der Waals surface area (Å²) in [6.45, 7) is 0. The number of carbonyl (C=O) groups is 1. The predicted octanol–water partition coefficient (Wildman–Crippen LogP) is 4.19. The van der Waals surface area contributed by atoms with Crippen LogP contribution >= 0.6 is 11.6 Å². The van der Waals surface area contributed by atoms with Gasteiger partial charge in [0.2, 0.25) is 0 Å². The number of carboxylic acid groups (broad SMARTS) is 1. The van der Waals surface area contributed by atoms with Crippen LogP contribution in [-0.4, -0.2) is 20.9 Å². The van der Waals surface area contributed by atoms with Gasteiger partial charge < -0.3 is 10.4 Å². The summed E-state index contributed by atoms with van der Waals surface area (Å²) in [5.74, 6) is -0.369. The zero-order chi connectivity index (χ0) is 17.4. The molecule has 0 bridgehead atoms. The van der Waals surface area contributed by atoms with Crippen molar-refractivity contribution < 1.29 is 9.90 Å². The van der Waals surface area contributed by atoms with Crippen molar-refractivity contribution in [3.8, 4) is 11.3 Å². The first kappa shape index (κ1) is 15.5. The van der Waals surface area contributed by atoms with E-state index in [1.165, 1.54) is 0 Å². The van der Waals surface area contributed by atoms with E-state index < -0.39 is 5.97 Å². The van der Waals surface area contributed by atoms with Gasteiger partial charge in [0.1, 0.15) is 11.5 Å². The minimum absolute atomic E-state index is 0.131. The van der Waals surface area contributed by atoms with Gasteiger partial charge in [-0.15, -0.1) is 0 Å². The van der Waals surface area contributed by atoms with Crippen LogP contribution in [0.15, 0.2) is 72.4 Å². The molecule has 1 aliphatic heterocycles. The Hall–Kier alpha value is -3.05. The van der Waals surface area contributed by atoms with Crippen LogP contribution in [0.2, 0.25) is 5.02 Å². The minimum Gasteiger partial charge on any atom is -0.477 e. The van der Waals surface area contributed by atoms with Crippen molar-refractivity contribution in [3.05, 3.63) is 83.0 Å². The number of nitrogens with one attached hydrogen (secondary N) is 1. The molecule has 1 aromatic heterocycles. The molecule has 1 atom stereocenters. The Morgan fingerprint density at radius 3 is 2.52 bits per heavy atom. The predicted molar refractivity (Wildman–Crippen MR) is 96.6 cm³/mol. The topological polar surface area (TPSA) is 67.1 Å². The molecule has 0 fully saturated rings. The van der Waals surface area contributed by atoms with Crippen molar-refractivity contribution in [2.75, 3.05) is 5.32 Å². The fraction of sp³-hybridized carbons (Fsp3) is 0.0526. The summed E-state index contributed by atoms with van der Waals surface area (Å²) in [6.07, 6.45) is 1.65. The van der Waals surface area contributed by atoms with Gasteiger partial charge in [0, 0.05) is 16.7 Å². The quantitative estimate of drug-likeness (QED) is 0.742. The highest BCUT2D eigenvalue weighted by molar-refractivity contribution is 6.30. The number of hydrogen-bond donors (Lipinski definition) is 2. The van der Waals surface area contributed by atoms with Crippen LogP contribution in [0.3, 0.4) is 0 Å². The number of allylic oxidation sites excluding steroid dienone is 1. The fourth-order valence-electron chi connectivity index (χ4n) is 2.88. The van der Waals surface area contributed by atoms with Gasteiger partial charge in [-0.25, -0.2) is 9.48 Å². The Morgan fingerprint density at radius 1 is 1.12 bits per heavy atom. The Labute approximate surface area is 149 Å². The first-order chi connectivity index (χ1) is 12.1. The summed E-state index contributed by atoms with van der Waals surface area (Å²) >= 11 is 5.97. The van der Waals surface area contributed by atoms with E-state index in [1.54, 1.807) is 22.9 Å². The van der Waals surface area contributed by atoms with E-state index in [9.17, 15) is 9.90 Å². The number of nitrogens with zero attached hydrogens (tertiary/aromatic N) is 2. The number of aliphatic carboxylic acids is 1. The molecule has 2 aromatic carbocycles. The molecule has 3 aromatic rings. The van der Waals surface area contributed by atoms with Gasteiger partial charge >= 0.3 is 5.97 Å². The molecule has 5 nitrogen and oxygen atoms in total. The van der Waals surface area contributed by atoms with Crippen molar-refractivity contribution in [2.45, 2.75) is 6.04 Å². The number of halogens is 1. The summed E-state index contributed by atoms with van der Waals surface area (Å²) in [4.78, 5) is 11.5. The first-order valence-electron chi connectivity index (χ1n) is 7.74. The second-order valence-corrected chi connectivity index (χ2v) is 6.17. The van der Waals surface area contributed by atoms with Gasteiger partial charge in [-0.05, 0) is 23.8 Å². The molecule has 2 heterocycles. The summed E-state index contributed by atoms with van der Waals surface area (Å²) in [6, 6.07) is 18.6. The molecule has 6 heteroatoms. The lowest BCUT2D eigenvalue weighted by molar-refractivity contribution is -0.132. The smallest absolute Gasteiger partial charge is 0.352 e. The van der Waals surface area contributed by atoms with E-state index in [1.807, 2.05) is 48.5 Å². The summed E-state index contributed by atoms with van der Waals surface area (Å²) < 4.78 is 1.79. The molecule has 0 radical (unpaired) electrons. The maximum absolute atomic E-state index is 11.5. The number of anilines is 1. The normalized spacial score (nSPS) is 15.9. The van der Waals surface area contributed by atoms with Gasteiger partial charge in [0.05, 0.1) is 11.7 Å². The first-order valence-corrected chi connectivity index (χ1v) is 8.12. The van der Waals surface area contributed by atoms with Crippen molar-refractivity contribution in [2.24, 2.45) is 0 Å². The number of fused-ring (bicyclic) bond motifs is 1. The van der Waals surface area contributed by atoms with Crippen molar-refractivity contribution in [1.29, 1.82) is 0 Å². The molecule has 0 aliphatic carbocycles. The third-order valence-corrected chi connectivity index (χ3v) is 4.35. The number of rotatable bonds is 3. The molecule has 25 heavy (non-hydrogen) atoms. The van der Waals surface area contributed by atoms with E-state index in [0.29, 0.717) is 10.8 Å². The van der Waals surface area contributed by atoms with E-state index in [-0.39, 0.29) is 11.7 Å². The Bertz CT molecular complexity index is 962. The molecule has 0 saturated heterocycles. The highest BCUT2D eigenvalue weighted by Gasteiger charge is 2.26. The van der Waals surface area contributed by atoms with Crippen LogP contribution < -0.4 is 5.32 Å². The molecular formula is C19H14ClN3O2. The molecule has 4 rings (SSSR count). The highest BCUT2D eigenvalue weighted by atomic mass is 35.5. The van der Waals surface area contributed by atoms with Crippen LogP contribution in [0.5, 0.6) is 0 Å². The van der Waals surface area contributed by atoms with Gasteiger partial charge in [0.15, 0.2) is 0 Å². The summed E-state index contributed by atoms with van der Waals surface area (Å²) in [5, 5.41) is 17.7. The SMILES string of the molecule is O=C(O)C1=CC(c2ccc(Cl)cc2)n2nc(-c3ccccc3)cc2N1. The molecular weight excluding hydrogens is 338 g/mol. The lowest BCUT2D eigenvalue weighted by Crippen LogP contribution is -2.23. The number of benzene rings is 2. The Kier molecular flexibility index (Phi) is 3.78.